The Hall–Kier alpha value is -3.03. The lowest BCUT2D eigenvalue weighted by Gasteiger charge is -2.07. The first-order chi connectivity index (χ1) is 10.9. The molecule has 0 saturated carbocycles. The monoisotopic (exact) mass is 321 g/mol. The van der Waals surface area contributed by atoms with Gasteiger partial charge in [-0.2, -0.15) is 5.10 Å². The second-order valence-corrected chi connectivity index (χ2v) is 4.62. The molecular formula is C15H13F2N3O3. The van der Waals surface area contributed by atoms with Gasteiger partial charge in [-0.25, -0.2) is 13.6 Å². The van der Waals surface area contributed by atoms with Crippen LogP contribution in [0, 0.1) is 0 Å². The Labute approximate surface area is 130 Å². The fraction of sp³-hybridized carbons (Fsp3) is 0.133. The molecule has 23 heavy (non-hydrogen) atoms. The lowest BCUT2D eigenvalue weighted by Crippen LogP contribution is -2.14. The van der Waals surface area contributed by atoms with Crippen molar-refractivity contribution >= 4 is 23.6 Å². The zero-order valence-electron chi connectivity index (χ0n) is 12.0. The number of carboxylic acid groups (broad SMARTS) is 1. The number of benzene rings is 1. The number of nitrogens with one attached hydrogen (secondary N) is 1. The van der Waals surface area contributed by atoms with E-state index in [9.17, 15) is 18.4 Å². The standard InChI is InChI=1S/C15H13F2N3O3/c1-20-13(14(16)17)11(8-18-20)15(23)19-10-5-2-9(3-6-10)4-7-12(21)22/h2-8,14H,1H3,(H,19,23)(H,21,22)/b7-4+. The first-order valence-electron chi connectivity index (χ1n) is 6.51. The van der Waals surface area contributed by atoms with Gasteiger partial charge in [0, 0.05) is 18.8 Å². The second-order valence-electron chi connectivity index (χ2n) is 4.62. The van der Waals surface area contributed by atoms with Gasteiger partial charge in [0.15, 0.2) is 0 Å². The summed E-state index contributed by atoms with van der Waals surface area (Å²) in [6.45, 7) is 0. The van der Waals surface area contributed by atoms with E-state index in [1.54, 1.807) is 12.1 Å². The Balaban J connectivity index is 2.13. The highest BCUT2D eigenvalue weighted by Gasteiger charge is 2.23. The zero-order chi connectivity index (χ0) is 17.0. The lowest BCUT2D eigenvalue weighted by molar-refractivity contribution is -0.131. The summed E-state index contributed by atoms with van der Waals surface area (Å²) in [5, 5.41) is 14.7. The molecule has 2 aromatic rings. The molecule has 1 aromatic carbocycles. The van der Waals surface area contributed by atoms with Gasteiger partial charge in [0.1, 0.15) is 5.69 Å². The number of carbonyl (C=O) groups excluding carboxylic acids is 1. The number of carbonyl (C=O) groups is 2. The third-order valence-electron chi connectivity index (χ3n) is 3.02. The van der Waals surface area contributed by atoms with Crippen molar-refractivity contribution in [3.05, 3.63) is 53.4 Å². The molecule has 0 bridgehead atoms. The molecule has 0 spiro atoms. The minimum Gasteiger partial charge on any atom is -0.478 e. The van der Waals surface area contributed by atoms with E-state index < -0.39 is 24.0 Å². The number of aromatic nitrogens is 2. The SMILES string of the molecule is Cn1ncc(C(=O)Nc2ccc(/C=C/C(=O)O)cc2)c1C(F)F. The van der Waals surface area contributed by atoms with Crippen LogP contribution >= 0.6 is 0 Å². The molecule has 0 unspecified atom stereocenters. The fourth-order valence-corrected chi connectivity index (χ4v) is 1.92. The van der Waals surface area contributed by atoms with E-state index in [0.29, 0.717) is 11.3 Å². The minimum absolute atomic E-state index is 0.197. The molecule has 0 aliphatic rings. The van der Waals surface area contributed by atoms with Crippen LogP contribution in [0.4, 0.5) is 14.5 Å². The van der Waals surface area contributed by atoms with Crippen LogP contribution in [0.2, 0.25) is 0 Å². The summed E-state index contributed by atoms with van der Waals surface area (Å²) < 4.78 is 26.8. The Morgan fingerprint density at radius 1 is 1.30 bits per heavy atom. The van der Waals surface area contributed by atoms with Crippen LogP contribution in [-0.4, -0.2) is 26.8 Å². The summed E-state index contributed by atoms with van der Waals surface area (Å²) in [5.74, 6) is -1.76. The highest BCUT2D eigenvalue weighted by atomic mass is 19.3. The largest absolute Gasteiger partial charge is 0.478 e. The molecule has 120 valence electrons. The second kappa shape index (κ2) is 6.82. The molecule has 2 rings (SSSR count). The Bertz CT molecular complexity index is 752. The summed E-state index contributed by atoms with van der Waals surface area (Å²) in [7, 11) is 1.34. The van der Waals surface area contributed by atoms with Gasteiger partial charge < -0.3 is 10.4 Å². The number of carboxylic acids is 1. The quantitative estimate of drug-likeness (QED) is 0.829. The Morgan fingerprint density at radius 2 is 1.96 bits per heavy atom. The van der Waals surface area contributed by atoms with Crippen molar-refractivity contribution in [2.24, 2.45) is 7.05 Å². The Morgan fingerprint density at radius 3 is 2.52 bits per heavy atom. The molecule has 0 aliphatic heterocycles. The number of alkyl halides is 2. The average Bonchev–Trinajstić information content (AvgIpc) is 2.88. The molecule has 1 amide bonds. The first-order valence-corrected chi connectivity index (χ1v) is 6.51. The maximum Gasteiger partial charge on any atom is 0.328 e. The minimum atomic E-state index is -2.81. The van der Waals surface area contributed by atoms with E-state index in [0.717, 1.165) is 17.0 Å². The number of rotatable bonds is 5. The predicted molar refractivity (Wildman–Crippen MR) is 79.2 cm³/mol. The van der Waals surface area contributed by atoms with Gasteiger partial charge >= 0.3 is 5.97 Å². The van der Waals surface area contributed by atoms with Gasteiger partial charge in [0.25, 0.3) is 12.3 Å². The van der Waals surface area contributed by atoms with Gasteiger partial charge in [-0.05, 0) is 23.8 Å². The fourth-order valence-electron chi connectivity index (χ4n) is 1.92. The third-order valence-corrected chi connectivity index (χ3v) is 3.02. The first kappa shape index (κ1) is 16.3. The normalized spacial score (nSPS) is 11.1. The molecule has 1 aromatic heterocycles. The molecule has 2 N–H and O–H groups in total. The number of hydrogen-bond donors (Lipinski definition) is 2. The number of amides is 1. The van der Waals surface area contributed by atoms with Crippen molar-refractivity contribution in [3.8, 4) is 0 Å². The van der Waals surface area contributed by atoms with Crippen LogP contribution in [0.5, 0.6) is 0 Å². The molecule has 0 atom stereocenters. The van der Waals surface area contributed by atoms with Crippen molar-refractivity contribution in [1.29, 1.82) is 0 Å². The average molecular weight is 321 g/mol. The molecule has 0 fully saturated rings. The predicted octanol–water partition coefficient (Wildman–Crippen LogP) is 2.71. The third kappa shape index (κ3) is 4.00. The lowest BCUT2D eigenvalue weighted by atomic mass is 10.2. The highest BCUT2D eigenvalue weighted by Crippen LogP contribution is 2.23. The van der Waals surface area contributed by atoms with E-state index in [1.807, 2.05) is 0 Å². The number of aryl methyl sites for hydroxylation is 1. The molecule has 0 radical (unpaired) electrons. The maximum absolute atomic E-state index is 12.9. The maximum atomic E-state index is 12.9. The van der Waals surface area contributed by atoms with E-state index in [4.69, 9.17) is 5.11 Å². The smallest absolute Gasteiger partial charge is 0.328 e. The van der Waals surface area contributed by atoms with E-state index in [2.05, 4.69) is 10.4 Å². The number of halogens is 2. The molecule has 6 nitrogen and oxygen atoms in total. The summed E-state index contributed by atoms with van der Waals surface area (Å²) in [6, 6.07) is 6.26. The summed E-state index contributed by atoms with van der Waals surface area (Å²) in [6.07, 6.45) is 0.648. The Kier molecular flexibility index (Phi) is 4.85. The number of nitrogens with zero attached hydrogens (tertiary/aromatic N) is 2. The molecule has 0 aliphatic carbocycles. The van der Waals surface area contributed by atoms with Crippen LogP contribution in [0.1, 0.15) is 28.0 Å². The van der Waals surface area contributed by atoms with Crippen LogP contribution in [0.3, 0.4) is 0 Å². The summed E-state index contributed by atoms with van der Waals surface area (Å²) in [4.78, 5) is 22.5. The van der Waals surface area contributed by atoms with Crippen LogP contribution < -0.4 is 5.32 Å². The summed E-state index contributed by atoms with van der Waals surface area (Å²) >= 11 is 0. The van der Waals surface area contributed by atoms with Gasteiger partial charge in [-0.3, -0.25) is 9.48 Å². The molecule has 1 heterocycles. The number of hydrogen-bond acceptors (Lipinski definition) is 3. The summed E-state index contributed by atoms with van der Waals surface area (Å²) in [5.41, 5.74) is 0.368. The number of aliphatic carboxylic acids is 1. The van der Waals surface area contributed by atoms with E-state index >= 15 is 0 Å². The van der Waals surface area contributed by atoms with Crippen molar-refractivity contribution in [2.75, 3.05) is 5.32 Å². The van der Waals surface area contributed by atoms with Crippen LogP contribution in [-0.2, 0) is 11.8 Å². The number of anilines is 1. The van der Waals surface area contributed by atoms with Gasteiger partial charge in [0.2, 0.25) is 0 Å². The molecule has 8 heteroatoms. The van der Waals surface area contributed by atoms with Gasteiger partial charge in [0.05, 0.1) is 11.8 Å². The highest BCUT2D eigenvalue weighted by molar-refractivity contribution is 6.05. The van der Waals surface area contributed by atoms with Crippen molar-refractivity contribution in [1.82, 2.24) is 9.78 Å². The van der Waals surface area contributed by atoms with Gasteiger partial charge in [-0.15, -0.1) is 0 Å². The topological polar surface area (TPSA) is 84.2 Å². The zero-order valence-corrected chi connectivity index (χ0v) is 12.0. The van der Waals surface area contributed by atoms with E-state index in [-0.39, 0.29) is 5.56 Å². The van der Waals surface area contributed by atoms with Gasteiger partial charge in [-0.1, -0.05) is 12.1 Å². The van der Waals surface area contributed by atoms with Crippen LogP contribution in [0.25, 0.3) is 6.08 Å². The van der Waals surface area contributed by atoms with Crippen molar-refractivity contribution in [2.45, 2.75) is 6.43 Å². The van der Waals surface area contributed by atoms with Crippen LogP contribution in [0.15, 0.2) is 36.5 Å². The van der Waals surface area contributed by atoms with Crippen molar-refractivity contribution in [3.63, 3.8) is 0 Å². The molecular weight excluding hydrogens is 308 g/mol. The van der Waals surface area contributed by atoms with E-state index in [1.165, 1.54) is 25.3 Å². The van der Waals surface area contributed by atoms with Crippen molar-refractivity contribution < 1.29 is 23.5 Å². The molecule has 0 saturated heterocycles.